The van der Waals surface area contributed by atoms with Crippen molar-refractivity contribution >= 4 is 32.5 Å². The lowest BCUT2D eigenvalue weighted by Crippen LogP contribution is -2.31. The van der Waals surface area contributed by atoms with E-state index in [0.29, 0.717) is 0 Å². The Labute approximate surface area is 141 Å². The van der Waals surface area contributed by atoms with E-state index in [0.717, 1.165) is 53.8 Å². The zero-order valence-corrected chi connectivity index (χ0v) is 13.7. The molecule has 2 aromatic heterocycles. The van der Waals surface area contributed by atoms with E-state index in [1.54, 1.807) is 12.1 Å². The lowest BCUT2D eigenvalue weighted by atomic mass is 10.3. The fourth-order valence-corrected chi connectivity index (χ4v) is 3.91. The van der Waals surface area contributed by atoms with Gasteiger partial charge in [0, 0.05) is 32.2 Å². The maximum atomic E-state index is 13.3. The number of nitrogens with one attached hydrogen (secondary N) is 1. The van der Waals surface area contributed by atoms with Gasteiger partial charge in [-0.15, -0.1) is 0 Å². The summed E-state index contributed by atoms with van der Waals surface area (Å²) in [6.07, 6.45) is 0.963. The van der Waals surface area contributed by atoms with Crippen LogP contribution in [0.2, 0.25) is 0 Å². The molecule has 4 rings (SSSR count). The predicted octanol–water partition coefficient (Wildman–Crippen LogP) is 2.24. The molecule has 3 aromatic rings. The molecule has 0 aliphatic carbocycles. The first kappa shape index (κ1) is 15.1. The zero-order valence-electron chi connectivity index (χ0n) is 12.9. The van der Waals surface area contributed by atoms with E-state index in [2.05, 4.69) is 25.0 Å². The summed E-state index contributed by atoms with van der Waals surface area (Å²) in [5, 5.41) is 7.50. The molecular weight excluding hydrogens is 329 g/mol. The van der Waals surface area contributed by atoms with Crippen LogP contribution in [0.3, 0.4) is 0 Å². The molecule has 3 heterocycles. The number of halogens is 1. The lowest BCUT2D eigenvalue weighted by Gasteiger charge is -2.21. The third-order valence-electron chi connectivity index (χ3n) is 4.09. The van der Waals surface area contributed by atoms with E-state index in [9.17, 15) is 9.18 Å². The number of hydrogen-bond acceptors (Lipinski definition) is 6. The number of benzene rings is 1. The van der Waals surface area contributed by atoms with Crippen LogP contribution in [-0.2, 0) is 0 Å². The van der Waals surface area contributed by atoms with Crippen LogP contribution in [0.25, 0.3) is 10.2 Å². The van der Waals surface area contributed by atoms with Crippen molar-refractivity contribution < 1.29 is 4.39 Å². The topological polar surface area (TPSA) is 65.1 Å². The number of H-pyrrole nitrogens is 1. The number of aromatic amines is 1. The molecule has 1 aliphatic rings. The van der Waals surface area contributed by atoms with Crippen LogP contribution in [-0.4, -0.2) is 41.4 Å². The molecule has 0 bridgehead atoms. The van der Waals surface area contributed by atoms with Crippen LogP contribution in [0, 0.1) is 5.82 Å². The Hall–Kier alpha value is -2.48. The first-order valence-corrected chi connectivity index (χ1v) is 8.62. The van der Waals surface area contributed by atoms with E-state index >= 15 is 0 Å². The fraction of sp³-hybridized carbons (Fsp3) is 0.312. The summed E-state index contributed by atoms with van der Waals surface area (Å²) in [4.78, 5) is 20.2. The molecule has 1 aliphatic heterocycles. The smallest absolute Gasteiger partial charge is 0.264 e. The number of aromatic nitrogens is 3. The van der Waals surface area contributed by atoms with E-state index < -0.39 is 0 Å². The van der Waals surface area contributed by atoms with E-state index in [1.165, 1.54) is 29.5 Å². The van der Waals surface area contributed by atoms with Crippen molar-refractivity contribution in [2.75, 3.05) is 36.0 Å². The normalized spacial score (nSPS) is 15.7. The van der Waals surface area contributed by atoms with Gasteiger partial charge in [0.15, 0.2) is 5.13 Å². The molecule has 6 nitrogen and oxygen atoms in total. The molecule has 0 saturated carbocycles. The minimum absolute atomic E-state index is 0.197. The maximum Gasteiger partial charge on any atom is 0.264 e. The number of rotatable bonds is 2. The molecule has 1 aromatic carbocycles. The maximum absolute atomic E-state index is 13.3. The number of anilines is 2. The van der Waals surface area contributed by atoms with Gasteiger partial charge in [-0.2, -0.15) is 5.10 Å². The highest BCUT2D eigenvalue weighted by Crippen LogP contribution is 2.30. The van der Waals surface area contributed by atoms with Crippen molar-refractivity contribution in [3.05, 3.63) is 46.5 Å². The Kier molecular flexibility index (Phi) is 3.89. The van der Waals surface area contributed by atoms with Gasteiger partial charge in [-0.3, -0.25) is 4.79 Å². The van der Waals surface area contributed by atoms with Crippen molar-refractivity contribution in [1.82, 2.24) is 15.2 Å². The van der Waals surface area contributed by atoms with Gasteiger partial charge in [-0.25, -0.2) is 14.5 Å². The van der Waals surface area contributed by atoms with Gasteiger partial charge < -0.3 is 9.80 Å². The Morgan fingerprint density at radius 2 is 1.92 bits per heavy atom. The third-order valence-corrected chi connectivity index (χ3v) is 5.17. The van der Waals surface area contributed by atoms with Gasteiger partial charge in [0.05, 0.1) is 10.2 Å². The highest BCUT2D eigenvalue weighted by atomic mass is 32.1. The van der Waals surface area contributed by atoms with E-state index in [4.69, 9.17) is 0 Å². The Morgan fingerprint density at radius 3 is 2.75 bits per heavy atom. The Bertz CT molecular complexity index is 904. The minimum Gasteiger partial charge on any atom is -0.353 e. The van der Waals surface area contributed by atoms with Crippen LogP contribution in [0.15, 0.2) is 35.1 Å². The number of hydrogen-bond donors (Lipinski definition) is 1. The molecule has 0 radical (unpaired) electrons. The molecule has 124 valence electrons. The van der Waals surface area contributed by atoms with Crippen LogP contribution in [0.1, 0.15) is 6.42 Å². The Balaban J connectivity index is 1.53. The van der Waals surface area contributed by atoms with Gasteiger partial charge in [-0.1, -0.05) is 11.3 Å². The molecule has 0 amide bonds. The molecule has 0 atom stereocenters. The second-order valence-electron chi connectivity index (χ2n) is 5.72. The fourth-order valence-electron chi connectivity index (χ4n) is 2.87. The van der Waals surface area contributed by atoms with Crippen LogP contribution < -0.4 is 15.4 Å². The molecule has 24 heavy (non-hydrogen) atoms. The lowest BCUT2D eigenvalue weighted by molar-refractivity contribution is 0.630. The molecular formula is C16H16FN5OS. The first-order chi connectivity index (χ1) is 11.7. The monoisotopic (exact) mass is 345 g/mol. The quantitative estimate of drug-likeness (QED) is 0.772. The summed E-state index contributed by atoms with van der Waals surface area (Å²) >= 11 is 1.52. The zero-order chi connectivity index (χ0) is 16.5. The predicted molar refractivity (Wildman–Crippen MR) is 93.5 cm³/mol. The average molecular weight is 345 g/mol. The van der Waals surface area contributed by atoms with Crippen molar-refractivity contribution in [2.45, 2.75) is 6.42 Å². The summed E-state index contributed by atoms with van der Waals surface area (Å²) < 4.78 is 14.2. The van der Waals surface area contributed by atoms with Crippen molar-refractivity contribution in [1.29, 1.82) is 0 Å². The third kappa shape index (κ3) is 2.96. The second kappa shape index (κ2) is 6.20. The van der Waals surface area contributed by atoms with E-state index in [1.807, 2.05) is 0 Å². The molecule has 8 heteroatoms. The SMILES string of the molecule is O=c1ccc(N2CCCN(c3nc4ccc(F)cc4s3)CC2)n[nH]1. The van der Waals surface area contributed by atoms with Gasteiger partial charge in [0.2, 0.25) is 0 Å². The number of fused-ring (bicyclic) bond motifs is 1. The van der Waals surface area contributed by atoms with Crippen LogP contribution in [0.4, 0.5) is 15.3 Å². The van der Waals surface area contributed by atoms with Crippen LogP contribution in [0.5, 0.6) is 0 Å². The summed E-state index contributed by atoms with van der Waals surface area (Å²) in [6, 6.07) is 7.93. The Morgan fingerprint density at radius 1 is 1.08 bits per heavy atom. The van der Waals surface area contributed by atoms with Gasteiger partial charge >= 0.3 is 0 Å². The molecule has 1 fully saturated rings. The summed E-state index contributed by atoms with van der Waals surface area (Å²) in [5.41, 5.74) is 0.636. The highest BCUT2D eigenvalue weighted by molar-refractivity contribution is 7.22. The second-order valence-corrected chi connectivity index (χ2v) is 6.72. The van der Waals surface area contributed by atoms with E-state index in [-0.39, 0.29) is 11.4 Å². The molecule has 1 saturated heterocycles. The van der Waals surface area contributed by atoms with Gasteiger partial charge in [0.1, 0.15) is 11.6 Å². The van der Waals surface area contributed by atoms with Crippen molar-refractivity contribution in [3.63, 3.8) is 0 Å². The average Bonchev–Trinajstić information content (AvgIpc) is 2.84. The summed E-state index contributed by atoms with van der Waals surface area (Å²) in [5.74, 6) is 0.548. The minimum atomic E-state index is -0.233. The summed E-state index contributed by atoms with van der Waals surface area (Å²) in [6.45, 7) is 3.36. The van der Waals surface area contributed by atoms with Crippen LogP contribution >= 0.6 is 11.3 Å². The first-order valence-electron chi connectivity index (χ1n) is 7.81. The molecule has 0 unspecified atom stereocenters. The number of thiazole rings is 1. The van der Waals surface area contributed by atoms with Crippen molar-refractivity contribution in [2.24, 2.45) is 0 Å². The highest BCUT2D eigenvalue weighted by Gasteiger charge is 2.19. The van der Waals surface area contributed by atoms with Crippen molar-refractivity contribution in [3.8, 4) is 0 Å². The van der Waals surface area contributed by atoms with Gasteiger partial charge in [0.25, 0.3) is 5.56 Å². The summed E-state index contributed by atoms with van der Waals surface area (Å²) in [7, 11) is 0. The van der Waals surface area contributed by atoms with Gasteiger partial charge in [-0.05, 0) is 30.7 Å². The number of nitrogens with zero attached hydrogens (tertiary/aromatic N) is 4. The largest absolute Gasteiger partial charge is 0.353 e. The molecule has 0 spiro atoms. The standard InChI is InChI=1S/C16H16FN5OS/c17-11-2-3-12-13(10-11)24-16(18-12)22-7-1-6-21(8-9-22)14-4-5-15(23)20-19-14/h2-5,10H,1,6-9H2,(H,20,23). The molecule has 1 N–H and O–H groups in total.